The van der Waals surface area contributed by atoms with Crippen LogP contribution in [0.2, 0.25) is 0 Å². The number of nitroso groups, excluding NO2 is 1. The first-order valence-electron chi connectivity index (χ1n) is 6.85. The van der Waals surface area contributed by atoms with Crippen molar-refractivity contribution >= 4 is 11.9 Å². The number of hydrogen-bond acceptors (Lipinski definition) is 6. The predicted molar refractivity (Wildman–Crippen MR) is 83.4 cm³/mol. The molecule has 0 fully saturated rings. The highest BCUT2D eigenvalue weighted by molar-refractivity contribution is 5.95. The third kappa shape index (κ3) is 4.24. The van der Waals surface area contributed by atoms with E-state index in [1.807, 2.05) is 6.07 Å². The van der Waals surface area contributed by atoms with Crippen LogP contribution < -0.4 is 9.47 Å². The van der Waals surface area contributed by atoms with E-state index in [2.05, 4.69) is 5.18 Å². The van der Waals surface area contributed by atoms with Crippen LogP contribution in [0.4, 0.5) is 0 Å². The Labute approximate surface area is 137 Å². The first-order chi connectivity index (χ1) is 11.5. The zero-order valence-corrected chi connectivity index (χ0v) is 12.7. The second kappa shape index (κ2) is 7.65. The SMILES string of the molecule is CC(=O)Oc1cc(OCc2ccccc2C#N)cc(C(=O)N=O)c1. The van der Waals surface area contributed by atoms with E-state index >= 15 is 0 Å². The molecule has 2 aromatic carbocycles. The zero-order valence-electron chi connectivity index (χ0n) is 12.7. The maximum atomic E-state index is 11.5. The van der Waals surface area contributed by atoms with Gasteiger partial charge in [0, 0.05) is 23.7 Å². The van der Waals surface area contributed by atoms with Crippen molar-refractivity contribution in [2.24, 2.45) is 5.18 Å². The van der Waals surface area contributed by atoms with Gasteiger partial charge in [0.2, 0.25) is 0 Å². The molecular weight excluding hydrogens is 312 g/mol. The van der Waals surface area contributed by atoms with Gasteiger partial charge in [0.1, 0.15) is 18.1 Å². The van der Waals surface area contributed by atoms with E-state index in [0.29, 0.717) is 11.1 Å². The molecule has 0 spiro atoms. The van der Waals surface area contributed by atoms with E-state index in [1.54, 1.807) is 24.3 Å². The van der Waals surface area contributed by atoms with Crippen LogP contribution in [0.5, 0.6) is 11.5 Å². The van der Waals surface area contributed by atoms with Gasteiger partial charge in [-0.1, -0.05) is 18.2 Å². The number of rotatable bonds is 5. The molecule has 1 amide bonds. The van der Waals surface area contributed by atoms with Gasteiger partial charge in [-0.3, -0.25) is 9.59 Å². The molecule has 0 aliphatic rings. The van der Waals surface area contributed by atoms with Crippen LogP contribution in [-0.2, 0) is 11.4 Å². The van der Waals surface area contributed by atoms with Gasteiger partial charge >= 0.3 is 11.9 Å². The summed E-state index contributed by atoms with van der Waals surface area (Å²) in [6.07, 6.45) is 0. The molecule has 0 bridgehead atoms. The minimum atomic E-state index is -1.01. The van der Waals surface area contributed by atoms with Gasteiger partial charge in [0.05, 0.1) is 17.2 Å². The molecule has 0 unspecified atom stereocenters. The molecule has 0 N–H and O–H groups in total. The Kier molecular flexibility index (Phi) is 5.36. The molecule has 0 saturated carbocycles. The largest absolute Gasteiger partial charge is 0.489 e. The van der Waals surface area contributed by atoms with Crippen molar-refractivity contribution in [2.45, 2.75) is 13.5 Å². The third-order valence-corrected chi connectivity index (χ3v) is 3.00. The van der Waals surface area contributed by atoms with Crippen molar-refractivity contribution < 1.29 is 19.1 Å². The summed E-state index contributed by atoms with van der Waals surface area (Å²) in [6.45, 7) is 1.27. The zero-order chi connectivity index (χ0) is 17.5. The smallest absolute Gasteiger partial charge is 0.317 e. The van der Waals surface area contributed by atoms with Gasteiger partial charge in [-0.25, -0.2) is 0 Å². The van der Waals surface area contributed by atoms with Gasteiger partial charge in [-0.2, -0.15) is 5.26 Å². The summed E-state index contributed by atoms with van der Waals surface area (Å²) < 4.78 is 10.5. The average molecular weight is 324 g/mol. The number of amides is 1. The topological polar surface area (TPSA) is 106 Å². The molecule has 24 heavy (non-hydrogen) atoms. The van der Waals surface area contributed by atoms with E-state index in [-0.39, 0.29) is 23.7 Å². The molecule has 0 aromatic heterocycles. The number of nitriles is 1. The van der Waals surface area contributed by atoms with Crippen LogP contribution in [0, 0.1) is 16.2 Å². The van der Waals surface area contributed by atoms with Crippen LogP contribution in [0.25, 0.3) is 0 Å². The van der Waals surface area contributed by atoms with E-state index in [0.717, 1.165) is 0 Å². The lowest BCUT2D eigenvalue weighted by molar-refractivity contribution is -0.131. The van der Waals surface area contributed by atoms with Gasteiger partial charge in [-0.15, -0.1) is 4.91 Å². The number of carbonyl (C=O) groups excluding carboxylic acids is 2. The molecule has 0 radical (unpaired) electrons. The van der Waals surface area contributed by atoms with E-state index in [4.69, 9.17) is 14.7 Å². The highest BCUT2D eigenvalue weighted by Gasteiger charge is 2.12. The summed E-state index contributed by atoms with van der Waals surface area (Å²) in [5.74, 6) is -1.33. The Hall–Kier alpha value is -3.53. The van der Waals surface area contributed by atoms with Crippen molar-refractivity contribution in [1.82, 2.24) is 0 Å². The van der Waals surface area contributed by atoms with E-state index < -0.39 is 11.9 Å². The maximum Gasteiger partial charge on any atom is 0.317 e. The Balaban J connectivity index is 2.28. The van der Waals surface area contributed by atoms with Gasteiger partial charge < -0.3 is 9.47 Å². The number of esters is 1. The Morgan fingerprint density at radius 1 is 1.17 bits per heavy atom. The average Bonchev–Trinajstić information content (AvgIpc) is 2.58. The van der Waals surface area contributed by atoms with E-state index in [9.17, 15) is 14.5 Å². The summed E-state index contributed by atoms with van der Waals surface area (Å²) in [7, 11) is 0. The Morgan fingerprint density at radius 2 is 1.88 bits per heavy atom. The van der Waals surface area contributed by atoms with Crippen molar-refractivity contribution in [3.63, 3.8) is 0 Å². The van der Waals surface area contributed by atoms with Gasteiger partial charge in [-0.05, 0) is 18.2 Å². The molecule has 0 aliphatic carbocycles. The highest BCUT2D eigenvalue weighted by Crippen LogP contribution is 2.25. The summed E-state index contributed by atoms with van der Waals surface area (Å²) in [4.78, 5) is 33.0. The summed E-state index contributed by atoms with van der Waals surface area (Å²) in [6, 6.07) is 12.9. The molecule has 0 aliphatic heterocycles. The fraction of sp³-hybridized carbons (Fsp3) is 0.118. The van der Waals surface area contributed by atoms with Crippen LogP contribution >= 0.6 is 0 Å². The molecule has 0 saturated heterocycles. The maximum absolute atomic E-state index is 11.5. The standard InChI is InChI=1S/C17H12N2O5/c1-11(20)24-16-7-14(17(21)19-22)6-15(8-16)23-10-13-5-3-2-4-12(13)9-18/h2-8H,10H2,1H3. The number of nitrogens with zero attached hydrogens (tertiary/aromatic N) is 2. The lowest BCUT2D eigenvalue weighted by Crippen LogP contribution is -2.05. The van der Waals surface area contributed by atoms with Crippen molar-refractivity contribution in [1.29, 1.82) is 5.26 Å². The van der Waals surface area contributed by atoms with Gasteiger partial charge in [0.15, 0.2) is 0 Å². The normalized spacial score (nSPS) is 9.67. The second-order valence-corrected chi connectivity index (χ2v) is 4.74. The van der Waals surface area contributed by atoms with Crippen LogP contribution in [-0.4, -0.2) is 11.9 Å². The summed E-state index contributed by atoms with van der Waals surface area (Å²) in [5.41, 5.74) is 1.05. The number of benzene rings is 2. The molecule has 2 rings (SSSR count). The van der Waals surface area contributed by atoms with Crippen molar-refractivity contribution in [3.05, 3.63) is 64.1 Å². The third-order valence-electron chi connectivity index (χ3n) is 3.00. The van der Waals surface area contributed by atoms with Crippen molar-refractivity contribution in [3.8, 4) is 17.6 Å². The Bertz CT molecular complexity index is 839. The molecule has 0 atom stereocenters. The van der Waals surface area contributed by atoms with E-state index in [1.165, 1.54) is 25.1 Å². The van der Waals surface area contributed by atoms with Crippen molar-refractivity contribution in [2.75, 3.05) is 0 Å². The summed E-state index contributed by atoms with van der Waals surface area (Å²) in [5, 5.41) is 11.4. The molecule has 2 aromatic rings. The number of carbonyl (C=O) groups is 2. The van der Waals surface area contributed by atoms with Gasteiger partial charge in [0.25, 0.3) is 0 Å². The molecule has 7 nitrogen and oxygen atoms in total. The molecular formula is C17H12N2O5. The predicted octanol–water partition coefficient (Wildman–Crippen LogP) is 2.97. The number of hydrogen-bond donors (Lipinski definition) is 0. The highest BCUT2D eigenvalue weighted by atomic mass is 16.5. The minimum Gasteiger partial charge on any atom is -0.489 e. The number of ether oxygens (including phenoxy) is 2. The lowest BCUT2D eigenvalue weighted by atomic mass is 10.1. The van der Waals surface area contributed by atoms with Crippen LogP contribution in [0.1, 0.15) is 28.4 Å². The first-order valence-corrected chi connectivity index (χ1v) is 6.85. The molecule has 7 heteroatoms. The van der Waals surface area contributed by atoms with Crippen LogP contribution in [0.15, 0.2) is 47.6 Å². The second-order valence-electron chi connectivity index (χ2n) is 4.74. The minimum absolute atomic E-state index is 0.0561. The summed E-state index contributed by atoms with van der Waals surface area (Å²) >= 11 is 0. The quantitative estimate of drug-likeness (QED) is 0.475. The fourth-order valence-electron chi connectivity index (χ4n) is 1.97. The van der Waals surface area contributed by atoms with Crippen LogP contribution in [0.3, 0.4) is 0 Å². The first kappa shape index (κ1) is 16.8. The molecule has 0 heterocycles. The molecule has 120 valence electrons. The lowest BCUT2D eigenvalue weighted by Gasteiger charge is -2.10. The fourth-order valence-corrected chi connectivity index (χ4v) is 1.97. The Morgan fingerprint density at radius 3 is 2.54 bits per heavy atom. The monoisotopic (exact) mass is 324 g/mol.